The lowest BCUT2D eigenvalue weighted by molar-refractivity contribution is -0.121. The van der Waals surface area contributed by atoms with Gasteiger partial charge in [0.15, 0.2) is 11.6 Å². The molecule has 3 rings (SSSR count). The van der Waals surface area contributed by atoms with Crippen LogP contribution in [0.1, 0.15) is 212 Å². The highest BCUT2D eigenvalue weighted by Crippen LogP contribution is 2.21. The van der Waals surface area contributed by atoms with Crippen molar-refractivity contribution in [2.75, 3.05) is 123 Å². The number of Topliss-reactive ketones (excluding diaryl/α,β-unsaturated/α-hetero) is 4. The van der Waals surface area contributed by atoms with E-state index in [2.05, 4.69) is 102 Å². The molecule has 0 fully saturated rings. The largest absolute Gasteiger partial charge is 0.385 e. The maximum absolute atomic E-state index is 11.6. The number of carbonyl (C=O) groups excluding carboxylic acids is 8. The lowest BCUT2D eigenvalue weighted by Crippen LogP contribution is -2.19. The molecule has 0 aromatic heterocycles. The number of nitrogens with one attached hydrogen (secondary N) is 4. The molecule has 0 unspecified atom stereocenters. The van der Waals surface area contributed by atoms with Gasteiger partial charge in [-0.15, -0.1) is 0 Å². The summed E-state index contributed by atoms with van der Waals surface area (Å²) in [5, 5.41) is 10.2. The van der Waals surface area contributed by atoms with Crippen molar-refractivity contribution in [3.8, 4) is 82.2 Å². The topological polar surface area (TPSA) is 249 Å². The summed E-state index contributed by atoms with van der Waals surface area (Å²) in [5.41, 5.74) is 4.64. The van der Waals surface area contributed by atoms with Gasteiger partial charge in [0.2, 0.25) is 11.8 Å². The molecular weight excluding hydrogens is 1280 g/mol. The van der Waals surface area contributed by atoms with Gasteiger partial charge in [0.1, 0.15) is 24.8 Å². The Bertz CT molecular complexity index is 2830. The molecule has 0 bridgehead atoms. The molecule has 0 aliphatic carbocycles. The number of methoxy groups -OCH3 is 6. The summed E-state index contributed by atoms with van der Waals surface area (Å²) in [6, 6.07) is 21.6. The molecular formula is C82H120N4O15. The highest BCUT2D eigenvalue weighted by atomic mass is 16.5. The quantitative estimate of drug-likeness (QED) is 0.0243. The third kappa shape index (κ3) is 72.4. The van der Waals surface area contributed by atoms with Crippen molar-refractivity contribution in [3.63, 3.8) is 0 Å². The van der Waals surface area contributed by atoms with E-state index in [4.69, 9.17) is 23.7 Å². The molecule has 101 heavy (non-hydrogen) atoms. The number of unbranched alkanes of at least 4 members (excludes halogenated alkanes) is 8. The van der Waals surface area contributed by atoms with Gasteiger partial charge in [0, 0.05) is 164 Å². The molecule has 0 aliphatic rings. The van der Waals surface area contributed by atoms with Crippen LogP contribution in [-0.2, 0) is 52.3 Å². The van der Waals surface area contributed by atoms with E-state index in [1.54, 1.807) is 100 Å². The van der Waals surface area contributed by atoms with Crippen LogP contribution in [0.3, 0.4) is 0 Å². The summed E-state index contributed by atoms with van der Waals surface area (Å²) in [6.07, 6.45) is 17.4. The van der Waals surface area contributed by atoms with E-state index in [9.17, 15) is 38.4 Å². The van der Waals surface area contributed by atoms with Crippen LogP contribution in [0.25, 0.3) is 11.1 Å². The number of ketones is 4. The Morgan fingerprint density at radius 1 is 0.366 bits per heavy atom. The Morgan fingerprint density at radius 2 is 0.733 bits per heavy atom. The fourth-order valence-electron chi connectivity index (χ4n) is 7.19. The third-order valence-corrected chi connectivity index (χ3v) is 12.9. The summed E-state index contributed by atoms with van der Waals surface area (Å²) in [4.78, 5) is 88.3. The van der Waals surface area contributed by atoms with Crippen molar-refractivity contribution >= 4 is 46.8 Å². The number of hydrogen-bond donors (Lipinski definition) is 4. The minimum Gasteiger partial charge on any atom is -0.385 e. The average Bonchev–Trinajstić information content (AvgIpc) is 0.852. The molecule has 3 aromatic rings. The number of carbonyl (C=O) groups is 8. The third-order valence-electron chi connectivity index (χ3n) is 12.9. The Labute approximate surface area is 607 Å². The van der Waals surface area contributed by atoms with E-state index in [-0.39, 0.29) is 41.0 Å². The molecule has 0 saturated carbocycles. The molecule has 0 atom stereocenters. The van der Waals surface area contributed by atoms with E-state index < -0.39 is 0 Å². The molecule has 4 N–H and O–H groups in total. The SMILES string of the molecule is CC(=O)CCC#CC#CCNC(C)=O.CCC#CC#CCC.CCC(=O)CCCCCCCCC(=O)NC.CCC(=O)c1ccc(-c2ccc(C(=O)NC)cc2)cc1.CCC(=O)c1ccc(C(=O)NC)cc1.COCC#CC#CCOC.COCCCCCCOC.COCCOCCOC. The van der Waals surface area contributed by atoms with Crippen molar-refractivity contribution in [1.29, 1.82) is 0 Å². The molecule has 4 amide bonds. The van der Waals surface area contributed by atoms with Gasteiger partial charge >= 0.3 is 0 Å². The van der Waals surface area contributed by atoms with Crippen LogP contribution in [0.4, 0.5) is 0 Å². The normalized spacial score (nSPS) is 9.03. The van der Waals surface area contributed by atoms with Crippen LogP contribution in [0, 0.1) is 71.0 Å². The molecule has 19 nitrogen and oxygen atoms in total. The van der Waals surface area contributed by atoms with Crippen LogP contribution >= 0.6 is 0 Å². The average molecular weight is 1400 g/mol. The fraction of sp³-hybridized carbons (Fsp3) is 0.537. The minimum atomic E-state index is -0.138. The Hall–Kier alpha value is -8.70. The van der Waals surface area contributed by atoms with E-state index in [1.165, 1.54) is 52.4 Å². The molecule has 0 aliphatic heterocycles. The summed E-state index contributed by atoms with van der Waals surface area (Å²) < 4.78 is 33.8. The molecule has 0 heterocycles. The second-order valence-corrected chi connectivity index (χ2v) is 21.1. The Balaban J connectivity index is -0.000000354. The number of amides is 4. The first kappa shape index (κ1) is 101. The van der Waals surface area contributed by atoms with Gasteiger partial charge in [-0.1, -0.05) is 157 Å². The van der Waals surface area contributed by atoms with E-state index >= 15 is 0 Å². The first-order valence-electron chi connectivity index (χ1n) is 34.5. The molecule has 558 valence electrons. The van der Waals surface area contributed by atoms with E-state index in [1.807, 2.05) is 71.0 Å². The number of benzene rings is 3. The maximum Gasteiger partial charge on any atom is 0.251 e. The smallest absolute Gasteiger partial charge is 0.251 e. The van der Waals surface area contributed by atoms with Crippen molar-refractivity contribution < 1.29 is 71.5 Å². The molecule has 0 radical (unpaired) electrons. The zero-order valence-electron chi connectivity index (χ0n) is 63.9. The van der Waals surface area contributed by atoms with Gasteiger partial charge in [-0.25, -0.2) is 0 Å². The molecule has 19 heteroatoms. The predicted molar refractivity (Wildman–Crippen MR) is 407 cm³/mol. The summed E-state index contributed by atoms with van der Waals surface area (Å²) in [6.45, 7) is 18.2. The van der Waals surface area contributed by atoms with Gasteiger partial charge in [-0.05, 0) is 104 Å². The number of hydrogen-bond acceptors (Lipinski definition) is 15. The Kier molecular flexibility index (Phi) is 80.2. The highest BCUT2D eigenvalue weighted by Gasteiger charge is 2.08. The van der Waals surface area contributed by atoms with Gasteiger partial charge in [-0.3, -0.25) is 38.4 Å². The zero-order valence-corrected chi connectivity index (χ0v) is 63.9. The van der Waals surface area contributed by atoms with Gasteiger partial charge in [0.25, 0.3) is 11.8 Å². The van der Waals surface area contributed by atoms with E-state index in [0.29, 0.717) is 107 Å². The minimum absolute atomic E-state index is 0.0912. The van der Waals surface area contributed by atoms with Crippen LogP contribution in [0.15, 0.2) is 72.8 Å². The van der Waals surface area contributed by atoms with Gasteiger partial charge < -0.3 is 54.4 Å². The predicted octanol–water partition coefficient (Wildman–Crippen LogP) is 12.5. The first-order chi connectivity index (χ1) is 48.8. The van der Waals surface area contributed by atoms with Gasteiger partial charge in [0.05, 0.1) is 33.0 Å². The van der Waals surface area contributed by atoms with Gasteiger partial charge in [-0.2, -0.15) is 0 Å². The zero-order chi connectivity index (χ0) is 76.6. The van der Waals surface area contributed by atoms with Crippen LogP contribution in [0.2, 0.25) is 0 Å². The monoisotopic (exact) mass is 1400 g/mol. The lowest BCUT2D eigenvalue weighted by atomic mass is 10.0. The molecule has 0 spiro atoms. The van der Waals surface area contributed by atoms with Crippen LogP contribution in [0.5, 0.6) is 0 Å². The van der Waals surface area contributed by atoms with Crippen LogP contribution < -0.4 is 21.3 Å². The fourth-order valence-corrected chi connectivity index (χ4v) is 7.19. The maximum atomic E-state index is 11.6. The van der Waals surface area contributed by atoms with Crippen LogP contribution in [-0.4, -0.2) is 170 Å². The van der Waals surface area contributed by atoms with Crippen molar-refractivity contribution in [2.45, 2.75) is 170 Å². The molecule has 0 saturated heterocycles. The van der Waals surface area contributed by atoms with Crippen molar-refractivity contribution in [3.05, 3.63) is 95.1 Å². The van der Waals surface area contributed by atoms with Crippen molar-refractivity contribution in [1.82, 2.24) is 21.3 Å². The van der Waals surface area contributed by atoms with Crippen molar-refractivity contribution in [2.24, 2.45) is 0 Å². The Morgan fingerprint density at radius 3 is 1.10 bits per heavy atom. The second-order valence-electron chi connectivity index (χ2n) is 21.1. The summed E-state index contributed by atoms with van der Waals surface area (Å²) in [7, 11) is 14.8. The number of rotatable bonds is 35. The summed E-state index contributed by atoms with van der Waals surface area (Å²) in [5.74, 6) is 32.9. The summed E-state index contributed by atoms with van der Waals surface area (Å²) >= 11 is 0. The number of ether oxygens (including phenoxy) is 7. The standard InChI is InChI=1S/C17H17NO2.C13H25NO2.2C11H13NO2.C8H18O2.C8H10O2.C8H10.C6H14O3/c1-3-16(19)14-8-4-12(5-9-14)13-6-10-15(11-7-13)17(20)18-2;1-3-12(15)10-8-6-4-5-7-9-11-13(16)14-2;1-3-10(13)8-4-6-9(7-5-8)11(14)12-2;1-10(13)8-6-4-3-5-7-9-12-11(2)14;2*1-9-7-5-3-4-6-8-10-2;1-3-5-7-8-6-4-2;1-7-3-5-9-6-4-8-2/h4-11H,3H2,1-2H3,(H,18,20);3-11H2,1-2H3,(H,14,16);4-7H,3H2,1-2H3,(H,12,14);6,8-9H2,1-2H3,(H,12,14);3-8H2,1-2H3;7-8H2,1-2H3;3-4H2,1-2H3;3-6H2,1-2H3. The van der Waals surface area contributed by atoms with E-state index in [0.717, 1.165) is 74.8 Å². The molecule has 3 aromatic carbocycles. The second kappa shape index (κ2) is 80.3. The highest BCUT2D eigenvalue weighted by molar-refractivity contribution is 5.99. The first-order valence-corrected chi connectivity index (χ1v) is 34.5. The lowest BCUT2D eigenvalue weighted by Gasteiger charge is -2.05.